The standard InChI is InChI=1S/C9H6Br2F3NO/c10-6-1-5(2-7(11)3-6)8(16)15-4-9(12,13)14/h1-3H,4H2,(H,15,16). The van der Waals surface area contributed by atoms with Crippen molar-refractivity contribution in [1.29, 1.82) is 0 Å². The van der Waals surface area contributed by atoms with Gasteiger partial charge in [0.1, 0.15) is 6.54 Å². The molecule has 1 N–H and O–H groups in total. The topological polar surface area (TPSA) is 29.1 Å². The number of carbonyl (C=O) groups excluding carboxylic acids is 1. The molecule has 0 aliphatic heterocycles. The summed E-state index contributed by atoms with van der Waals surface area (Å²) in [6, 6.07) is 4.56. The second-order valence-corrected chi connectivity index (χ2v) is 4.79. The second kappa shape index (κ2) is 5.18. The lowest BCUT2D eigenvalue weighted by Crippen LogP contribution is -2.33. The van der Waals surface area contributed by atoms with Gasteiger partial charge in [0, 0.05) is 14.5 Å². The molecule has 1 aromatic rings. The van der Waals surface area contributed by atoms with Crippen LogP contribution in [0.5, 0.6) is 0 Å². The van der Waals surface area contributed by atoms with Gasteiger partial charge in [0.15, 0.2) is 0 Å². The van der Waals surface area contributed by atoms with Crippen molar-refractivity contribution in [3.8, 4) is 0 Å². The molecule has 0 bridgehead atoms. The van der Waals surface area contributed by atoms with Gasteiger partial charge in [0.05, 0.1) is 0 Å². The van der Waals surface area contributed by atoms with Crippen LogP contribution >= 0.6 is 31.9 Å². The third-order valence-corrected chi connectivity index (χ3v) is 2.49. The minimum Gasteiger partial charge on any atom is -0.343 e. The van der Waals surface area contributed by atoms with E-state index in [9.17, 15) is 18.0 Å². The van der Waals surface area contributed by atoms with Gasteiger partial charge in [-0.25, -0.2) is 0 Å². The van der Waals surface area contributed by atoms with E-state index in [2.05, 4.69) is 31.9 Å². The molecule has 0 heterocycles. The summed E-state index contributed by atoms with van der Waals surface area (Å²) in [5.74, 6) is -0.765. The minimum absolute atomic E-state index is 0.158. The molecule has 0 atom stereocenters. The fourth-order valence-corrected chi connectivity index (χ4v) is 2.26. The average molecular weight is 361 g/mol. The van der Waals surface area contributed by atoms with E-state index in [0.717, 1.165) is 0 Å². The number of halogens is 5. The van der Waals surface area contributed by atoms with Crippen LogP contribution in [0.15, 0.2) is 27.1 Å². The fourth-order valence-electron chi connectivity index (χ4n) is 0.967. The van der Waals surface area contributed by atoms with E-state index < -0.39 is 18.6 Å². The van der Waals surface area contributed by atoms with Crippen molar-refractivity contribution in [2.45, 2.75) is 6.18 Å². The van der Waals surface area contributed by atoms with Gasteiger partial charge in [-0.1, -0.05) is 31.9 Å². The molecule has 88 valence electrons. The lowest BCUT2D eigenvalue weighted by atomic mass is 10.2. The average Bonchev–Trinajstić information content (AvgIpc) is 2.11. The SMILES string of the molecule is O=C(NCC(F)(F)F)c1cc(Br)cc(Br)c1. The molecule has 0 saturated heterocycles. The van der Waals surface area contributed by atoms with E-state index in [1.54, 1.807) is 11.4 Å². The molecule has 0 saturated carbocycles. The van der Waals surface area contributed by atoms with Crippen LogP contribution in [0.25, 0.3) is 0 Å². The van der Waals surface area contributed by atoms with Crippen molar-refractivity contribution in [2.24, 2.45) is 0 Å². The normalized spacial score (nSPS) is 11.3. The van der Waals surface area contributed by atoms with Gasteiger partial charge < -0.3 is 5.32 Å². The zero-order valence-corrected chi connectivity index (χ0v) is 10.9. The van der Waals surface area contributed by atoms with Crippen LogP contribution in [-0.4, -0.2) is 18.6 Å². The summed E-state index contributed by atoms with van der Waals surface area (Å²) in [5.41, 5.74) is 0.158. The molecular formula is C9H6Br2F3NO. The summed E-state index contributed by atoms with van der Waals surface area (Å²) in [7, 11) is 0. The maximum absolute atomic E-state index is 11.9. The minimum atomic E-state index is -4.40. The van der Waals surface area contributed by atoms with Crippen molar-refractivity contribution in [3.05, 3.63) is 32.7 Å². The van der Waals surface area contributed by atoms with Gasteiger partial charge >= 0.3 is 6.18 Å². The maximum Gasteiger partial charge on any atom is 0.405 e. The molecule has 16 heavy (non-hydrogen) atoms. The Bertz CT molecular complexity index is 386. The molecular weight excluding hydrogens is 355 g/mol. The van der Waals surface area contributed by atoms with Crippen LogP contribution in [0.4, 0.5) is 13.2 Å². The molecule has 7 heteroatoms. The number of carbonyl (C=O) groups is 1. The third-order valence-electron chi connectivity index (χ3n) is 1.57. The smallest absolute Gasteiger partial charge is 0.343 e. The Balaban J connectivity index is 2.73. The van der Waals surface area contributed by atoms with Gasteiger partial charge in [-0.05, 0) is 18.2 Å². The van der Waals surface area contributed by atoms with E-state index in [0.29, 0.717) is 8.95 Å². The van der Waals surface area contributed by atoms with E-state index >= 15 is 0 Å². The second-order valence-electron chi connectivity index (χ2n) is 2.96. The molecule has 0 aliphatic rings. The first-order valence-electron chi connectivity index (χ1n) is 4.09. The molecule has 0 unspecified atom stereocenters. The van der Waals surface area contributed by atoms with Crippen molar-refractivity contribution in [3.63, 3.8) is 0 Å². The predicted octanol–water partition coefficient (Wildman–Crippen LogP) is 3.50. The number of alkyl halides is 3. The lowest BCUT2D eigenvalue weighted by Gasteiger charge is -2.08. The first-order chi connectivity index (χ1) is 7.28. The molecule has 0 aliphatic carbocycles. The highest BCUT2D eigenvalue weighted by Crippen LogP contribution is 2.20. The number of hydrogen-bond acceptors (Lipinski definition) is 1. The molecule has 0 radical (unpaired) electrons. The maximum atomic E-state index is 11.9. The van der Waals surface area contributed by atoms with Gasteiger partial charge in [-0.3, -0.25) is 4.79 Å². The largest absolute Gasteiger partial charge is 0.405 e. The van der Waals surface area contributed by atoms with Gasteiger partial charge in [0.2, 0.25) is 0 Å². The quantitative estimate of drug-likeness (QED) is 0.859. The van der Waals surface area contributed by atoms with Gasteiger partial charge in [-0.2, -0.15) is 13.2 Å². The molecule has 2 nitrogen and oxygen atoms in total. The van der Waals surface area contributed by atoms with Crippen LogP contribution in [0.1, 0.15) is 10.4 Å². The monoisotopic (exact) mass is 359 g/mol. The van der Waals surface area contributed by atoms with Crippen molar-refractivity contribution in [2.75, 3.05) is 6.54 Å². The van der Waals surface area contributed by atoms with E-state index in [4.69, 9.17) is 0 Å². The van der Waals surface area contributed by atoms with Crippen LogP contribution in [0.2, 0.25) is 0 Å². The molecule has 0 aromatic heterocycles. The zero-order chi connectivity index (χ0) is 12.3. The number of nitrogens with one attached hydrogen (secondary N) is 1. The summed E-state index contributed by atoms with van der Waals surface area (Å²) in [6.45, 7) is -1.34. The van der Waals surface area contributed by atoms with Crippen molar-refractivity contribution in [1.82, 2.24) is 5.32 Å². The predicted molar refractivity (Wildman–Crippen MR) is 60.2 cm³/mol. The number of amides is 1. The van der Waals surface area contributed by atoms with E-state index in [-0.39, 0.29) is 5.56 Å². The summed E-state index contributed by atoms with van der Waals surface area (Å²) in [6.07, 6.45) is -4.40. The molecule has 0 fully saturated rings. The summed E-state index contributed by atoms with van der Waals surface area (Å²) in [4.78, 5) is 11.3. The highest BCUT2D eigenvalue weighted by molar-refractivity contribution is 9.11. The lowest BCUT2D eigenvalue weighted by molar-refractivity contribution is -0.123. The molecule has 1 aromatic carbocycles. The Hall–Kier alpha value is -0.560. The highest BCUT2D eigenvalue weighted by atomic mass is 79.9. The highest BCUT2D eigenvalue weighted by Gasteiger charge is 2.27. The van der Waals surface area contributed by atoms with Crippen LogP contribution in [-0.2, 0) is 0 Å². The van der Waals surface area contributed by atoms with Gasteiger partial charge in [0.25, 0.3) is 5.91 Å². The Kier molecular flexibility index (Phi) is 4.37. The molecule has 1 rings (SSSR count). The Morgan fingerprint density at radius 1 is 1.19 bits per heavy atom. The number of benzene rings is 1. The van der Waals surface area contributed by atoms with Crippen LogP contribution < -0.4 is 5.32 Å². The Morgan fingerprint density at radius 2 is 1.69 bits per heavy atom. The van der Waals surface area contributed by atoms with E-state index in [1.807, 2.05) is 0 Å². The van der Waals surface area contributed by atoms with Gasteiger partial charge in [-0.15, -0.1) is 0 Å². The summed E-state index contributed by atoms with van der Waals surface area (Å²) < 4.78 is 36.8. The fraction of sp³-hybridized carbons (Fsp3) is 0.222. The number of hydrogen-bond donors (Lipinski definition) is 1. The Labute approximate surface area is 106 Å². The van der Waals surface area contributed by atoms with Crippen LogP contribution in [0, 0.1) is 0 Å². The Morgan fingerprint density at radius 3 is 2.12 bits per heavy atom. The summed E-state index contributed by atoms with van der Waals surface area (Å²) >= 11 is 6.28. The van der Waals surface area contributed by atoms with Crippen molar-refractivity contribution < 1.29 is 18.0 Å². The third kappa shape index (κ3) is 4.52. The molecule has 0 spiro atoms. The number of rotatable bonds is 2. The first kappa shape index (κ1) is 13.5. The van der Waals surface area contributed by atoms with E-state index in [1.165, 1.54) is 12.1 Å². The van der Waals surface area contributed by atoms with Crippen LogP contribution in [0.3, 0.4) is 0 Å². The zero-order valence-electron chi connectivity index (χ0n) is 7.74. The summed E-state index contributed by atoms with van der Waals surface area (Å²) in [5, 5.41) is 1.79. The molecule has 1 amide bonds. The van der Waals surface area contributed by atoms with Crippen molar-refractivity contribution >= 4 is 37.8 Å². The first-order valence-corrected chi connectivity index (χ1v) is 5.67.